The molecule has 0 aliphatic carbocycles. The summed E-state index contributed by atoms with van der Waals surface area (Å²) in [6.45, 7) is 4.43. The van der Waals surface area contributed by atoms with E-state index in [1.807, 2.05) is 31.6 Å². The van der Waals surface area contributed by atoms with E-state index in [1.54, 1.807) is 36.6 Å². The van der Waals surface area contributed by atoms with Gasteiger partial charge in [-0.2, -0.15) is 10.1 Å². The number of aryl methyl sites for hydroxylation is 1. The number of fused-ring (bicyclic) bond motifs is 1. The quantitative estimate of drug-likeness (QED) is 0.185. The van der Waals surface area contributed by atoms with Crippen LogP contribution in [0.5, 0.6) is 5.75 Å². The minimum Gasteiger partial charge on any atom is -0.494 e. The summed E-state index contributed by atoms with van der Waals surface area (Å²) in [6, 6.07) is 7.84. The molecule has 14 nitrogen and oxygen atoms in total. The maximum absolute atomic E-state index is 12.2. The monoisotopic (exact) mass is 747 g/mol. The number of halogens is 1. The lowest BCUT2D eigenvalue weighted by Crippen LogP contribution is -2.56. The maximum Gasteiger partial charge on any atom is 0.229 e. The number of nitrogens with one attached hydrogen (secondary N) is 3. The first-order chi connectivity index (χ1) is 23.7. The molecule has 5 heterocycles. The lowest BCUT2D eigenvalue weighted by Gasteiger charge is -2.47. The second-order valence-corrected chi connectivity index (χ2v) is 14.3. The molecule has 2 aliphatic heterocycles. The minimum atomic E-state index is -1.35. The Labute approximate surface area is 295 Å². The first-order valence-electron chi connectivity index (χ1n) is 15.9. The van der Waals surface area contributed by atoms with Crippen LogP contribution in [0.3, 0.4) is 0 Å². The van der Waals surface area contributed by atoms with Crippen LogP contribution in [-0.2, 0) is 22.8 Å². The molecule has 49 heavy (non-hydrogen) atoms. The van der Waals surface area contributed by atoms with Gasteiger partial charge in [0, 0.05) is 87.2 Å². The van der Waals surface area contributed by atoms with Crippen molar-refractivity contribution in [1.29, 1.82) is 0 Å². The van der Waals surface area contributed by atoms with Gasteiger partial charge in [-0.05, 0) is 54.0 Å². The fraction of sp³-hybridized carbons (Fsp3) is 0.364. The number of hydrogen-bond acceptors (Lipinski definition) is 12. The molecular formula is C33H38BrN11O3S. The Morgan fingerprint density at radius 1 is 1.02 bits per heavy atom. The molecule has 0 saturated carbocycles. The SMILES string of the molecule is COc1cc(N2CCC3(CC2)CN(C)CCO3)c(-c2cnn(C)c2)cc1Nc1ncc(Br)c(Nc2ccc3nccnc3c2NS(C)=O)n1. The summed E-state index contributed by atoms with van der Waals surface area (Å²) in [7, 11) is 4.40. The van der Waals surface area contributed by atoms with E-state index in [0.29, 0.717) is 50.1 Å². The zero-order chi connectivity index (χ0) is 34.1. The van der Waals surface area contributed by atoms with Crippen molar-refractivity contribution in [2.24, 2.45) is 7.05 Å². The number of methoxy groups -OCH3 is 1. The molecular weight excluding hydrogens is 710 g/mol. The zero-order valence-electron chi connectivity index (χ0n) is 27.7. The van der Waals surface area contributed by atoms with Gasteiger partial charge in [0.05, 0.1) is 52.6 Å². The molecule has 7 rings (SSSR count). The van der Waals surface area contributed by atoms with Crippen LogP contribution in [0, 0.1) is 0 Å². The second kappa shape index (κ2) is 13.9. The van der Waals surface area contributed by atoms with Crippen molar-refractivity contribution in [1.82, 2.24) is 34.6 Å². The van der Waals surface area contributed by atoms with E-state index in [4.69, 9.17) is 14.5 Å². The molecule has 256 valence electrons. The number of benzene rings is 2. The molecule has 2 aromatic carbocycles. The molecule has 0 bridgehead atoms. The molecule has 1 spiro atoms. The van der Waals surface area contributed by atoms with Crippen LogP contribution in [0.15, 0.2) is 59.7 Å². The van der Waals surface area contributed by atoms with Gasteiger partial charge in [-0.1, -0.05) is 0 Å². The number of morpholine rings is 1. The van der Waals surface area contributed by atoms with Crippen molar-refractivity contribution < 1.29 is 13.7 Å². The Balaban J connectivity index is 1.20. The van der Waals surface area contributed by atoms with Crippen LogP contribution in [0.2, 0.25) is 0 Å². The smallest absolute Gasteiger partial charge is 0.229 e. The van der Waals surface area contributed by atoms with Gasteiger partial charge in [0.25, 0.3) is 0 Å². The summed E-state index contributed by atoms with van der Waals surface area (Å²) in [4.78, 5) is 23.0. The highest BCUT2D eigenvalue weighted by Crippen LogP contribution is 2.43. The van der Waals surface area contributed by atoms with Crippen molar-refractivity contribution in [3.05, 3.63) is 59.7 Å². The standard InChI is InChI=1S/C33H38BrN11O3S/c1-43-13-14-48-33(20-43)7-11-45(12-8-33)27-16-28(47-3)26(15-22(27)21-17-38-44(2)19-21)40-32-37-18-23(34)31(41-32)39-25-6-5-24-29(36-10-9-35-24)30(25)42-49(4)46/h5-6,9-10,15-19,42H,7-8,11-14,20H2,1-4H3,(H2,37,39,40,41). The minimum absolute atomic E-state index is 0.0983. The Kier molecular flexibility index (Phi) is 9.37. The fourth-order valence-corrected chi connectivity index (χ4v) is 7.32. The Hall–Kier alpha value is -4.38. The zero-order valence-corrected chi connectivity index (χ0v) is 30.1. The fourth-order valence-electron chi connectivity index (χ4n) is 6.53. The maximum atomic E-state index is 12.2. The Morgan fingerprint density at radius 2 is 1.84 bits per heavy atom. The average molecular weight is 749 g/mol. The molecule has 1 atom stereocenters. The largest absolute Gasteiger partial charge is 0.494 e. The topological polar surface area (TPSA) is 147 Å². The highest BCUT2D eigenvalue weighted by molar-refractivity contribution is 9.10. The number of nitrogens with zero attached hydrogens (tertiary/aromatic N) is 8. The normalized spacial score (nSPS) is 16.9. The van der Waals surface area contributed by atoms with E-state index in [2.05, 4.69) is 80.3 Å². The van der Waals surface area contributed by atoms with Crippen molar-refractivity contribution >= 4 is 72.5 Å². The molecule has 16 heteroatoms. The Bertz CT molecular complexity index is 2020. The van der Waals surface area contributed by atoms with Crippen molar-refractivity contribution in [2.75, 3.05) is 73.5 Å². The predicted octanol–water partition coefficient (Wildman–Crippen LogP) is 5.09. The highest BCUT2D eigenvalue weighted by atomic mass is 79.9. The summed E-state index contributed by atoms with van der Waals surface area (Å²) >= 11 is 3.58. The molecule has 0 radical (unpaired) electrons. The summed E-state index contributed by atoms with van der Waals surface area (Å²) < 4.78 is 30.0. The molecule has 1 unspecified atom stereocenters. The van der Waals surface area contributed by atoms with Gasteiger partial charge in [0.2, 0.25) is 5.95 Å². The van der Waals surface area contributed by atoms with Crippen molar-refractivity contribution in [3.8, 4) is 16.9 Å². The van der Waals surface area contributed by atoms with Gasteiger partial charge in [-0.3, -0.25) is 14.6 Å². The molecule has 5 aromatic rings. The number of aromatic nitrogens is 6. The van der Waals surface area contributed by atoms with Crippen molar-refractivity contribution in [2.45, 2.75) is 18.4 Å². The molecule has 2 aliphatic rings. The van der Waals surface area contributed by atoms with E-state index in [9.17, 15) is 4.21 Å². The summed E-state index contributed by atoms with van der Waals surface area (Å²) in [6.07, 6.45) is 12.2. The van der Waals surface area contributed by atoms with Gasteiger partial charge in [-0.15, -0.1) is 0 Å². The van der Waals surface area contributed by atoms with E-state index in [0.717, 1.165) is 62.4 Å². The number of hydrogen-bond donors (Lipinski definition) is 3. The molecule has 3 aromatic heterocycles. The van der Waals surface area contributed by atoms with E-state index in [-0.39, 0.29) is 5.60 Å². The molecule has 0 amide bonds. The van der Waals surface area contributed by atoms with E-state index < -0.39 is 11.0 Å². The number of ether oxygens (including phenoxy) is 2. The van der Waals surface area contributed by atoms with Crippen LogP contribution < -0.4 is 25.0 Å². The van der Waals surface area contributed by atoms with Crippen LogP contribution >= 0.6 is 15.9 Å². The molecule has 3 N–H and O–H groups in total. The third kappa shape index (κ3) is 7.04. The third-order valence-electron chi connectivity index (χ3n) is 8.92. The third-order valence-corrected chi connectivity index (χ3v) is 9.99. The number of rotatable bonds is 9. The number of likely N-dealkylation sites (N-methyl/N-ethyl adjacent to an activating group) is 1. The van der Waals surface area contributed by atoms with Crippen LogP contribution in [-0.4, -0.2) is 97.6 Å². The van der Waals surface area contributed by atoms with Gasteiger partial charge >= 0.3 is 0 Å². The van der Waals surface area contributed by atoms with Gasteiger partial charge in [0.1, 0.15) is 28.1 Å². The van der Waals surface area contributed by atoms with E-state index >= 15 is 0 Å². The Morgan fingerprint density at radius 3 is 2.57 bits per heavy atom. The van der Waals surface area contributed by atoms with Crippen LogP contribution in [0.25, 0.3) is 22.2 Å². The second-order valence-electron chi connectivity index (χ2n) is 12.3. The van der Waals surface area contributed by atoms with Crippen molar-refractivity contribution in [3.63, 3.8) is 0 Å². The van der Waals surface area contributed by atoms with Gasteiger partial charge in [-0.25, -0.2) is 9.19 Å². The molecule has 2 saturated heterocycles. The first-order valence-corrected chi connectivity index (χ1v) is 18.2. The summed E-state index contributed by atoms with van der Waals surface area (Å²) in [5, 5.41) is 11.2. The van der Waals surface area contributed by atoms with Gasteiger partial charge < -0.3 is 34.6 Å². The van der Waals surface area contributed by atoms with Gasteiger partial charge in [0.15, 0.2) is 0 Å². The lowest BCUT2D eigenvalue weighted by atomic mass is 9.88. The first kappa shape index (κ1) is 33.1. The number of anilines is 6. The lowest BCUT2D eigenvalue weighted by molar-refractivity contribution is -0.115. The average Bonchev–Trinajstić information content (AvgIpc) is 3.53. The molecule has 2 fully saturated rings. The van der Waals surface area contributed by atoms with Crippen LogP contribution in [0.1, 0.15) is 12.8 Å². The highest BCUT2D eigenvalue weighted by Gasteiger charge is 2.39. The van der Waals surface area contributed by atoms with Crippen LogP contribution in [0.4, 0.5) is 34.5 Å². The number of piperidine rings is 1. The van der Waals surface area contributed by atoms with E-state index in [1.165, 1.54) is 0 Å². The summed E-state index contributed by atoms with van der Waals surface area (Å²) in [5.41, 5.74) is 6.12. The summed E-state index contributed by atoms with van der Waals surface area (Å²) in [5.74, 6) is 1.50. The predicted molar refractivity (Wildman–Crippen MR) is 196 cm³/mol.